The van der Waals surface area contributed by atoms with Gasteiger partial charge in [0.1, 0.15) is 17.3 Å². The van der Waals surface area contributed by atoms with Gasteiger partial charge < -0.3 is 5.32 Å². The monoisotopic (exact) mass is 269 g/mol. The van der Waals surface area contributed by atoms with Gasteiger partial charge in [-0.1, -0.05) is 17.7 Å². The summed E-state index contributed by atoms with van der Waals surface area (Å²) in [5.74, 6) is -2.06. The first-order valence-corrected chi connectivity index (χ1v) is 5.18. The van der Waals surface area contributed by atoms with E-state index in [2.05, 4.69) is 15.3 Å². The normalized spacial score (nSPS) is 10.2. The number of rotatable bonds is 3. The van der Waals surface area contributed by atoms with Gasteiger partial charge in [-0.3, -0.25) is 4.79 Å². The molecule has 0 unspecified atom stereocenters. The number of halogens is 3. The molecule has 1 heterocycles. The van der Waals surface area contributed by atoms with Gasteiger partial charge in [0.15, 0.2) is 17.9 Å². The quantitative estimate of drug-likeness (QED) is 0.687. The molecule has 92 valence electrons. The van der Waals surface area contributed by atoms with Gasteiger partial charge >= 0.3 is 0 Å². The second-order valence-corrected chi connectivity index (χ2v) is 3.63. The van der Waals surface area contributed by atoms with E-state index in [4.69, 9.17) is 11.6 Å². The summed E-state index contributed by atoms with van der Waals surface area (Å²) in [6.07, 6.45) is 1.54. The highest BCUT2D eigenvalue weighted by molar-refractivity contribution is 6.32. The molecule has 0 radical (unpaired) electrons. The summed E-state index contributed by atoms with van der Waals surface area (Å²) in [6.45, 7) is 0. The molecule has 4 nitrogen and oxygen atoms in total. The van der Waals surface area contributed by atoms with Crippen LogP contribution in [0.3, 0.4) is 0 Å². The lowest BCUT2D eigenvalue weighted by molar-refractivity contribution is 0.112. The number of carbonyl (C=O) groups is 1. The van der Waals surface area contributed by atoms with Gasteiger partial charge in [0.2, 0.25) is 0 Å². The van der Waals surface area contributed by atoms with E-state index in [0.29, 0.717) is 6.29 Å². The molecule has 0 aliphatic heterocycles. The van der Waals surface area contributed by atoms with Crippen LogP contribution in [0.1, 0.15) is 10.4 Å². The number of benzene rings is 1. The molecular formula is C11H6ClF2N3O. The van der Waals surface area contributed by atoms with Crippen LogP contribution >= 0.6 is 11.6 Å². The second kappa shape index (κ2) is 5.05. The van der Waals surface area contributed by atoms with Gasteiger partial charge in [0, 0.05) is 0 Å². The number of nitrogens with one attached hydrogen (secondary N) is 1. The van der Waals surface area contributed by atoms with Crippen molar-refractivity contribution in [3.05, 3.63) is 46.9 Å². The molecule has 18 heavy (non-hydrogen) atoms. The number of carbonyl (C=O) groups excluding carboxylic acids is 1. The van der Waals surface area contributed by atoms with Crippen LogP contribution in [-0.4, -0.2) is 16.3 Å². The summed E-state index contributed by atoms with van der Waals surface area (Å²) in [5, 5.41) is 2.42. The predicted molar refractivity (Wildman–Crippen MR) is 62.1 cm³/mol. The smallest absolute Gasteiger partial charge is 0.182 e. The van der Waals surface area contributed by atoms with Gasteiger partial charge in [0.05, 0.1) is 11.3 Å². The zero-order valence-electron chi connectivity index (χ0n) is 8.82. The van der Waals surface area contributed by atoms with E-state index in [1.165, 1.54) is 12.1 Å². The highest BCUT2D eigenvalue weighted by atomic mass is 35.5. The van der Waals surface area contributed by atoms with Crippen molar-refractivity contribution < 1.29 is 13.6 Å². The molecule has 0 aliphatic carbocycles. The number of aldehydes is 1. The van der Waals surface area contributed by atoms with E-state index in [1.54, 1.807) is 0 Å². The minimum Gasteiger partial charge on any atom is -0.337 e. The van der Waals surface area contributed by atoms with Gasteiger partial charge in [-0.2, -0.15) is 0 Å². The molecule has 1 N–H and O–H groups in total. The van der Waals surface area contributed by atoms with Crippen molar-refractivity contribution in [1.29, 1.82) is 0 Å². The first kappa shape index (κ1) is 12.4. The van der Waals surface area contributed by atoms with Crippen molar-refractivity contribution in [3.8, 4) is 0 Å². The highest BCUT2D eigenvalue weighted by Gasteiger charge is 2.12. The maximum Gasteiger partial charge on any atom is 0.182 e. The fourth-order valence-corrected chi connectivity index (χ4v) is 1.48. The summed E-state index contributed by atoms with van der Waals surface area (Å²) in [7, 11) is 0. The maximum absolute atomic E-state index is 13.4. The summed E-state index contributed by atoms with van der Waals surface area (Å²) in [5.41, 5.74) is -0.171. The fraction of sp³-hybridized carbons (Fsp3) is 0. The van der Waals surface area contributed by atoms with E-state index >= 15 is 0 Å². The summed E-state index contributed by atoms with van der Waals surface area (Å²) in [4.78, 5) is 18.2. The Bertz CT molecular complexity index is 607. The van der Waals surface area contributed by atoms with E-state index in [9.17, 15) is 13.6 Å². The Kier molecular flexibility index (Phi) is 3.47. The molecular weight excluding hydrogens is 264 g/mol. The van der Waals surface area contributed by atoms with Crippen LogP contribution in [-0.2, 0) is 0 Å². The summed E-state index contributed by atoms with van der Waals surface area (Å²) >= 11 is 5.68. The van der Waals surface area contributed by atoms with Crippen LogP contribution in [0, 0.1) is 11.6 Å². The Morgan fingerprint density at radius 3 is 2.78 bits per heavy atom. The number of aromatic nitrogens is 2. The number of hydrogen-bond acceptors (Lipinski definition) is 4. The Morgan fingerprint density at radius 2 is 2.06 bits per heavy atom. The summed E-state index contributed by atoms with van der Waals surface area (Å²) < 4.78 is 26.4. The Balaban J connectivity index is 2.43. The molecule has 2 aromatic rings. The molecule has 0 aliphatic rings. The molecule has 0 fully saturated rings. The molecule has 0 spiro atoms. The maximum atomic E-state index is 13.4. The Morgan fingerprint density at radius 1 is 1.28 bits per heavy atom. The average molecular weight is 270 g/mol. The lowest BCUT2D eigenvalue weighted by atomic mass is 10.2. The van der Waals surface area contributed by atoms with Crippen molar-refractivity contribution in [1.82, 2.24) is 9.97 Å². The molecule has 1 aromatic heterocycles. The molecule has 0 bridgehead atoms. The van der Waals surface area contributed by atoms with E-state index in [0.717, 1.165) is 12.4 Å². The fourth-order valence-electron chi connectivity index (χ4n) is 1.31. The number of hydrogen-bond donors (Lipinski definition) is 1. The zero-order valence-corrected chi connectivity index (χ0v) is 9.58. The van der Waals surface area contributed by atoms with Crippen molar-refractivity contribution in [2.45, 2.75) is 0 Å². The topological polar surface area (TPSA) is 54.9 Å². The van der Waals surface area contributed by atoms with Gasteiger partial charge in [-0.25, -0.2) is 18.7 Å². The highest BCUT2D eigenvalue weighted by Crippen LogP contribution is 2.24. The third kappa shape index (κ3) is 2.28. The molecule has 0 saturated carbocycles. The predicted octanol–water partition coefficient (Wildman–Crippen LogP) is 2.96. The van der Waals surface area contributed by atoms with Crippen LogP contribution in [0.2, 0.25) is 5.15 Å². The Hall–Kier alpha value is -2.08. The molecule has 0 saturated heterocycles. The minimum atomic E-state index is -1.07. The van der Waals surface area contributed by atoms with Crippen LogP contribution in [0.4, 0.5) is 20.3 Å². The largest absolute Gasteiger partial charge is 0.337 e. The first-order valence-electron chi connectivity index (χ1n) is 4.80. The third-order valence-electron chi connectivity index (χ3n) is 2.16. The van der Waals surface area contributed by atoms with E-state index in [1.807, 2.05) is 0 Å². The number of nitrogens with zero attached hydrogens (tertiary/aromatic N) is 2. The third-order valence-corrected chi connectivity index (χ3v) is 2.46. The minimum absolute atomic E-state index is 0.00880. The SMILES string of the molecule is O=Cc1c(Cl)ncnc1Nc1cccc(F)c1F. The molecule has 7 heteroatoms. The van der Waals surface area contributed by atoms with E-state index in [-0.39, 0.29) is 22.2 Å². The zero-order chi connectivity index (χ0) is 13.1. The van der Waals surface area contributed by atoms with Gasteiger partial charge in [-0.05, 0) is 12.1 Å². The van der Waals surface area contributed by atoms with Crippen LogP contribution in [0.15, 0.2) is 24.5 Å². The van der Waals surface area contributed by atoms with E-state index < -0.39 is 11.6 Å². The van der Waals surface area contributed by atoms with Crippen molar-refractivity contribution in [2.24, 2.45) is 0 Å². The molecule has 1 aromatic carbocycles. The van der Waals surface area contributed by atoms with Gasteiger partial charge in [0.25, 0.3) is 0 Å². The Labute approximate surface area is 106 Å². The van der Waals surface area contributed by atoms with Crippen LogP contribution in [0.5, 0.6) is 0 Å². The van der Waals surface area contributed by atoms with Crippen LogP contribution in [0.25, 0.3) is 0 Å². The lowest BCUT2D eigenvalue weighted by Crippen LogP contribution is -2.03. The average Bonchev–Trinajstić information content (AvgIpc) is 2.35. The lowest BCUT2D eigenvalue weighted by Gasteiger charge is -2.09. The number of anilines is 2. The molecule has 0 amide bonds. The second-order valence-electron chi connectivity index (χ2n) is 3.27. The molecule has 0 atom stereocenters. The van der Waals surface area contributed by atoms with Crippen molar-refractivity contribution >= 4 is 29.4 Å². The molecule has 2 rings (SSSR count). The van der Waals surface area contributed by atoms with Crippen molar-refractivity contribution in [3.63, 3.8) is 0 Å². The van der Waals surface area contributed by atoms with Gasteiger partial charge in [-0.15, -0.1) is 0 Å². The standard InChI is InChI=1S/C11H6ClF2N3O/c12-10-6(4-18)11(16-5-15-10)17-8-3-1-2-7(13)9(8)14/h1-5H,(H,15,16,17). The van der Waals surface area contributed by atoms with Crippen molar-refractivity contribution in [2.75, 3.05) is 5.32 Å². The first-order chi connectivity index (χ1) is 8.63. The summed E-state index contributed by atoms with van der Waals surface area (Å²) in [6, 6.07) is 3.61. The van der Waals surface area contributed by atoms with Crippen LogP contribution < -0.4 is 5.32 Å².